The number of nitrogens with zero attached hydrogens (tertiary/aromatic N) is 3. The second kappa shape index (κ2) is 6.39. The van der Waals surface area contributed by atoms with Crippen molar-refractivity contribution in [1.29, 1.82) is 0 Å². The van der Waals surface area contributed by atoms with Crippen molar-refractivity contribution >= 4 is 28.4 Å². The van der Waals surface area contributed by atoms with E-state index in [0.717, 1.165) is 11.0 Å². The fourth-order valence-corrected chi connectivity index (χ4v) is 3.42. The van der Waals surface area contributed by atoms with Gasteiger partial charge in [-0.05, 0) is 24.1 Å². The largest absolute Gasteiger partial charge is 0.503 e. The zero-order valence-corrected chi connectivity index (χ0v) is 14.9. The topological polar surface area (TPSA) is 115 Å². The van der Waals surface area contributed by atoms with Crippen molar-refractivity contribution in [1.82, 2.24) is 19.9 Å². The number of aromatic amines is 2. The van der Waals surface area contributed by atoms with Crippen LogP contribution >= 0.6 is 0 Å². The fraction of sp³-hybridized carbons (Fsp3) is 0.263. The van der Waals surface area contributed by atoms with Crippen molar-refractivity contribution in [2.75, 3.05) is 4.90 Å². The molecular formula is C19H19N5O3. The first-order valence-corrected chi connectivity index (χ1v) is 8.68. The number of hydrogen-bond acceptors (Lipinski definition) is 5. The number of rotatable bonds is 5. The summed E-state index contributed by atoms with van der Waals surface area (Å²) >= 11 is 0. The van der Waals surface area contributed by atoms with E-state index in [0.29, 0.717) is 11.4 Å². The van der Waals surface area contributed by atoms with Crippen LogP contribution in [0.1, 0.15) is 32.0 Å². The summed E-state index contributed by atoms with van der Waals surface area (Å²) in [6.45, 7) is 3.84. The summed E-state index contributed by atoms with van der Waals surface area (Å²) in [5.74, 6) is -1.27. The third-order valence-corrected chi connectivity index (χ3v) is 4.60. The maximum Gasteiger partial charge on any atom is 0.294 e. The van der Waals surface area contributed by atoms with Gasteiger partial charge >= 0.3 is 0 Å². The molecule has 1 unspecified atom stereocenters. The zero-order valence-electron chi connectivity index (χ0n) is 14.9. The molecule has 1 aliphatic rings. The maximum absolute atomic E-state index is 12.9. The van der Waals surface area contributed by atoms with Gasteiger partial charge in [-0.25, -0.2) is 9.97 Å². The molecular weight excluding hydrogens is 346 g/mol. The van der Waals surface area contributed by atoms with E-state index in [1.54, 1.807) is 30.7 Å². The van der Waals surface area contributed by atoms with E-state index < -0.39 is 17.7 Å². The molecule has 138 valence electrons. The normalized spacial score (nSPS) is 17.5. The van der Waals surface area contributed by atoms with Crippen LogP contribution < -0.4 is 4.90 Å². The molecule has 0 radical (unpaired) electrons. The molecule has 4 rings (SSSR count). The molecule has 0 saturated carbocycles. The Hall–Kier alpha value is -3.42. The molecule has 27 heavy (non-hydrogen) atoms. The van der Waals surface area contributed by atoms with Crippen LogP contribution in [0, 0.1) is 5.92 Å². The number of Topliss-reactive ketones (excluding diaryl/α,β-unsaturated/α-hetero) is 1. The van der Waals surface area contributed by atoms with Crippen molar-refractivity contribution < 1.29 is 14.7 Å². The Labute approximate surface area is 154 Å². The SMILES string of the molecule is CC(C)CC(=O)C1=C(O)C(=O)N(c2ccc3nc[nH]c3c2)C1c1cnc[nH]1. The van der Waals surface area contributed by atoms with E-state index in [1.807, 2.05) is 13.8 Å². The Balaban J connectivity index is 1.83. The van der Waals surface area contributed by atoms with Crippen molar-refractivity contribution in [3.05, 3.63) is 54.1 Å². The predicted octanol–water partition coefficient (Wildman–Crippen LogP) is 2.80. The minimum Gasteiger partial charge on any atom is -0.503 e. The molecule has 0 fully saturated rings. The Morgan fingerprint density at radius 2 is 2.11 bits per heavy atom. The summed E-state index contributed by atoms with van der Waals surface area (Å²) in [6.07, 6.45) is 4.85. The quantitative estimate of drug-likeness (QED) is 0.643. The highest BCUT2D eigenvalue weighted by molar-refractivity contribution is 6.16. The van der Waals surface area contributed by atoms with Crippen molar-refractivity contribution in [2.24, 2.45) is 5.92 Å². The van der Waals surface area contributed by atoms with Gasteiger partial charge in [0.1, 0.15) is 6.04 Å². The van der Waals surface area contributed by atoms with Crippen LogP contribution in [0.4, 0.5) is 5.69 Å². The molecule has 1 aliphatic heterocycles. The molecule has 1 amide bonds. The lowest BCUT2D eigenvalue weighted by molar-refractivity contribution is -0.118. The van der Waals surface area contributed by atoms with E-state index in [1.165, 1.54) is 11.2 Å². The van der Waals surface area contributed by atoms with Crippen molar-refractivity contribution in [3.63, 3.8) is 0 Å². The molecule has 3 N–H and O–H groups in total. The molecule has 8 nitrogen and oxygen atoms in total. The summed E-state index contributed by atoms with van der Waals surface area (Å²) in [6, 6.07) is 4.54. The number of aliphatic hydroxyl groups excluding tert-OH is 1. The lowest BCUT2D eigenvalue weighted by Crippen LogP contribution is -2.31. The number of aromatic nitrogens is 4. The van der Waals surface area contributed by atoms with Crippen LogP contribution in [0.3, 0.4) is 0 Å². The van der Waals surface area contributed by atoms with E-state index in [9.17, 15) is 14.7 Å². The molecule has 1 aromatic carbocycles. The zero-order chi connectivity index (χ0) is 19.1. The first kappa shape index (κ1) is 17.0. The molecule has 1 atom stereocenters. The number of fused-ring (bicyclic) bond motifs is 1. The molecule has 2 aromatic heterocycles. The van der Waals surface area contributed by atoms with Crippen molar-refractivity contribution in [2.45, 2.75) is 26.3 Å². The average Bonchev–Trinajstić information content (AvgIpc) is 3.34. The summed E-state index contributed by atoms with van der Waals surface area (Å²) < 4.78 is 0. The number of hydrogen-bond donors (Lipinski definition) is 3. The number of aliphatic hydroxyl groups is 1. The number of benzene rings is 1. The van der Waals surface area contributed by atoms with E-state index in [4.69, 9.17) is 0 Å². The van der Waals surface area contributed by atoms with Crippen LogP contribution in [0.15, 0.2) is 48.4 Å². The number of amides is 1. The number of carbonyl (C=O) groups is 2. The lowest BCUT2D eigenvalue weighted by atomic mass is 9.95. The third-order valence-electron chi connectivity index (χ3n) is 4.60. The highest BCUT2D eigenvalue weighted by Crippen LogP contribution is 2.41. The number of ketones is 1. The van der Waals surface area contributed by atoms with Crippen LogP contribution in [0.5, 0.6) is 0 Å². The van der Waals surface area contributed by atoms with Gasteiger partial charge in [-0.3, -0.25) is 14.5 Å². The molecule has 3 aromatic rings. The van der Waals surface area contributed by atoms with Crippen molar-refractivity contribution in [3.8, 4) is 0 Å². The highest BCUT2D eigenvalue weighted by atomic mass is 16.3. The molecule has 0 saturated heterocycles. The summed E-state index contributed by atoms with van der Waals surface area (Å²) in [7, 11) is 0. The Kier molecular flexibility index (Phi) is 4.02. The van der Waals surface area contributed by atoms with E-state index in [2.05, 4.69) is 19.9 Å². The number of H-pyrrole nitrogens is 2. The second-order valence-electron chi connectivity index (χ2n) is 6.97. The molecule has 0 bridgehead atoms. The molecule has 3 heterocycles. The Morgan fingerprint density at radius 3 is 2.81 bits per heavy atom. The first-order valence-electron chi connectivity index (χ1n) is 8.68. The van der Waals surface area contributed by atoms with Gasteiger partial charge in [-0.15, -0.1) is 0 Å². The van der Waals surface area contributed by atoms with Gasteiger partial charge < -0.3 is 15.1 Å². The van der Waals surface area contributed by atoms with E-state index in [-0.39, 0.29) is 23.7 Å². The Bertz CT molecular complexity index is 1050. The smallest absolute Gasteiger partial charge is 0.294 e. The predicted molar refractivity (Wildman–Crippen MR) is 99.0 cm³/mol. The van der Waals surface area contributed by atoms with Crippen LogP contribution in [0.2, 0.25) is 0 Å². The molecule has 8 heteroatoms. The van der Waals surface area contributed by atoms with Gasteiger partial charge in [0, 0.05) is 12.1 Å². The number of anilines is 1. The van der Waals surface area contributed by atoms with Gasteiger partial charge in [-0.1, -0.05) is 13.8 Å². The van der Waals surface area contributed by atoms with Gasteiger partial charge in [-0.2, -0.15) is 0 Å². The van der Waals surface area contributed by atoms with E-state index >= 15 is 0 Å². The minimum absolute atomic E-state index is 0.0997. The van der Waals surface area contributed by atoms with Gasteiger partial charge in [0.15, 0.2) is 11.5 Å². The monoisotopic (exact) mass is 365 g/mol. The van der Waals surface area contributed by atoms with Crippen LogP contribution in [0.25, 0.3) is 11.0 Å². The first-order chi connectivity index (χ1) is 13.0. The summed E-state index contributed by atoms with van der Waals surface area (Å²) in [5, 5.41) is 10.5. The third kappa shape index (κ3) is 2.79. The standard InChI is InChI=1S/C19H19N5O3/c1-10(2)5-15(25)16-17(14-7-20-8-21-14)24(19(27)18(16)26)11-3-4-12-13(6-11)23-9-22-12/h3-4,6-10,17,26H,5H2,1-2H3,(H,20,21)(H,22,23). The lowest BCUT2D eigenvalue weighted by Gasteiger charge is -2.25. The average molecular weight is 365 g/mol. The number of nitrogens with one attached hydrogen (secondary N) is 2. The van der Waals surface area contributed by atoms with Gasteiger partial charge in [0.25, 0.3) is 5.91 Å². The fourth-order valence-electron chi connectivity index (χ4n) is 3.42. The second-order valence-corrected chi connectivity index (χ2v) is 6.97. The Morgan fingerprint density at radius 1 is 1.30 bits per heavy atom. The summed E-state index contributed by atoms with van der Waals surface area (Å²) in [4.78, 5) is 41.3. The highest BCUT2D eigenvalue weighted by Gasteiger charge is 2.45. The van der Waals surface area contributed by atoms with Crippen LogP contribution in [-0.4, -0.2) is 36.7 Å². The van der Waals surface area contributed by atoms with Gasteiger partial charge in [0.05, 0.1) is 41.2 Å². The van der Waals surface area contributed by atoms with Crippen LogP contribution in [-0.2, 0) is 9.59 Å². The maximum atomic E-state index is 12.9. The molecule has 0 aliphatic carbocycles. The minimum atomic E-state index is -0.758. The van der Waals surface area contributed by atoms with Gasteiger partial charge in [0.2, 0.25) is 0 Å². The number of carbonyl (C=O) groups excluding carboxylic acids is 2. The summed E-state index contributed by atoms with van der Waals surface area (Å²) in [5.41, 5.74) is 2.73. The number of imidazole rings is 2. The molecule has 0 spiro atoms.